The molecule has 2 rings (SSSR count). The summed E-state index contributed by atoms with van der Waals surface area (Å²) in [5.74, 6) is 0. The molecular weight excluding hydrogens is 228 g/mol. The fraction of sp³-hybridized carbons (Fsp3) is 0.714. The van der Waals surface area contributed by atoms with Crippen LogP contribution in [0.3, 0.4) is 0 Å². The lowest BCUT2D eigenvalue weighted by atomic mass is 10.0. The summed E-state index contributed by atoms with van der Waals surface area (Å²) in [6.07, 6.45) is 4.97. The second-order valence-electron chi connectivity index (χ2n) is 4.97. The predicted molar refractivity (Wildman–Crippen MR) is 75.3 cm³/mol. The normalized spacial score (nSPS) is 25.0. The third-order valence-corrected chi connectivity index (χ3v) is 4.91. The average Bonchev–Trinajstić information content (AvgIpc) is 3.00. The Labute approximate surface area is 109 Å². The van der Waals surface area contributed by atoms with E-state index in [1.54, 1.807) is 0 Å². The Morgan fingerprint density at radius 3 is 2.94 bits per heavy atom. The van der Waals surface area contributed by atoms with Crippen molar-refractivity contribution in [2.75, 3.05) is 6.54 Å². The Hall–Kier alpha value is -0.380. The molecule has 0 saturated carbocycles. The molecule has 0 bridgehead atoms. The fourth-order valence-electron chi connectivity index (χ4n) is 2.97. The van der Waals surface area contributed by atoms with Gasteiger partial charge in [0, 0.05) is 17.0 Å². The number of hydrogen-bond acceptors (Lipinski definition) is 3. The quantitative estimate of drug-likeness (QED) is 0.870. The first kappa shape index (κ1) is 13.1. The maximum atomic E-state index is 6.37. The highest BCUT2D eigenvalue weighted by atomic mass is 32.1. The third kappa shape index (κ3) is 2.72. The van der Waals surface area contributed by atoms with Gasteiger partial charge in [-0.15, -0.1) is 11.3 Å². The van der Waals surface area contributed by atoms with E-state index < -0.39 is 0 Å². The van der Waals surface area contributed by atoms with Crippen molar-refractivity contribution >= 4 is 11.3 Å². The van der Waals surface area contributed by atoms with Gasteiger partial charge in [-0.25, -0.2) is 0 Å². The smallest absolute Gasteiger partial charge is 0.0595 e. The predicted octanol–water partition coefficient (Wildman–Crippen LogP) is 3.40. The minimum absolute atomic E-state index is 0.265. The van der Waals surface area contributed by atoms with Gasteiger partial charge in [0.2, 0.25) is 0 Å². The van der Waals surface area contributed by atoms with Crippen LogP contribution < -0.4 is 5.73 Å². The number of rotatable bonds is 5. The lowest BCUT2D eigenvalue weighted by molar-refractivity contribution is 0.153. The van der Waals surface area contributed by atoms with Crippen LogP contribution in [-0.2, 0) is 0 Å². The van der Waals surface area contributed by atoms with Crippen LogP contribution in [0.15, 0.2) is 17.5 Å². The molecule has 1 saturated heterocycles. The molecule has 96 valence electrons. The Balaban J connectivity index is 2.21. The topological polar surface area (TPSA) is 29.3 Å². The first-order valence-electron chi connectivity index (χ1n) is 6.82. The molecule has 0 aliphatic carbocycles. The van der Waals surface area contributed by atoms with Crippen LogP contribution in [0.2, 0.25) is 0 Å². The molecule has 0 radical (unpaired) electrons. The van der Waals surface area contributed by atoms with E-state index in [-0.39, 0.29) is 6.04 Å². The van der Waals surface area contributed by atoms with Crippen molar-refractivity contribution in [2.24, 2.45) is 5.73 Å². The second kappa shape index (κ2) is 5.98. The number of nitrogens with two attached hydrogens (primary N) is 1. The van der Waals surface area contributed by atoms with E-state index >= 15 is 0 Å². The number of thiophene rings is 1. The zero-order valence-corrected chi connectivity index (χ0v) is 11.7. The molecule has 17 heavy (non-hydrogen) atoms. The molecule has 0 spiro atoms. The molecule has 2 N–H and O–H groups in total. The van der Waals surface area contributed by atoms with Crippen molar-refractivity contribution in [3.8, 4) is 0 Å². The SMILES string of the molecule is CCC(N)C(c1cccs1)N1CCCC1CC. The largest absolute Gasteiger partial charge is 0.326 e. The van der Waals surface area contributed by atoms with Crippen LogP contribution in [0, 0.1) is 0 Å². The molecule has 3 atom stereocenters. The van der Waals surface area contributed by atoms with Crippen molar-refractivity contribution in [3.63, 3.8) is 0 Å². The maximum absolute atomic E-state index is 6.37. The van der Waals surface area contributed by atoms with Crippen LogP contribution in [0.5, 0.6) is 0 Å². The minimum atomic E-state index is 0.265. The second-order valence-corrected chi connectivity index (χ2v) is 5.95. The van der Waals surface area contributed by atoms with E-state index in [4.69, 9.17) is 5.73 Å². The summed E-state index contributed by atoms with van der Waals surface area (Å²) >= 11 is 1.85. The van der Waals surface area contributed by atoms with E-state index in [0.29, 0.717) is 6.04 Å². The third-order valence-electron chi connectivity index (χ3n) is 3.96. The molecule has 2 heterocycles. The van der Waals surface area contributed by atoms with Crippen LogP contribution in [0.4, 0.5) is 0 Å². The molecule has 1 fully saturated rings. The molecule has 1 aliphatic rings. The first-order valence-corrected chi connectivity index (χ1v) is 7.70. The Bertz CT molecular complexity index is 323. The van der Waals surface area contributed by atoms with Crippen molar-refractivity contribution in [1.82, 2.24) is 4.90 Å². The highest BCUT2D eigenvalue weighted by Gasteiger charge is 2.33. The van der Waals surface area contributed by atoms with E-state index in [2.05, 4.69) is 36.3 Å². The fourth-order valence-corrected chi connectivity index (χ4v) is 3.89. The summed E-state index contributed by atoms with van der Waals surface area (Å²) < 4.78 is 0. The number of likely N-dealkylation sites (tertiary alicyclic amines) is 1. The molecule has 1 aliphatic heterocycles. The maximum Gasteiger partial charge on any atom is 0.0595 e. The summed E-state index contributed by atoms with van der Waals surface area (Å²) in [5.41, 5.74) is 6.37. The summed E-state index contributed by atoms with van der Waals surface area (Å²) in [5, 5.41) is 2.17. The molecule has 3 heteroatoms. The van der Waals surface area contributed by atoms with Crippen LogP contribution >= 0.6 is 11.3 Å². The molecule has 0 aromatic carbocycles. The van der Waals surface area contributed by atoms with Gasteiger partial charge in [0.05, 0.1) is 6.04 Å². The van der Waals surface area contributed by atoms with Gasteiger partial charge in [0.1, 0.15) is 0 Å². The average molecular weight is 252 g/mol. The number of hydrogen-bond donors (Lipinski definition) is 1. The number of nitrogens with zero attached hydrogens (tertiary/aromatic N) is 1. The van der Waals surface area contributed by atoms with Gasteiger partial charge in [-0.05, 0) is 43.7 Å². The highest BCUT2D eigenvalue weighted by molar-refractivity contribution is 7.10. The van der Waals surface area contributed by atoms with E-state index in [1.807, 2.05) is 11.3 Å². The van der Waals surface area contributed by atoms with Gasteiger partial charge in [-0.1, -0.05) is 19.9 Å². The van der Waals surface area contributed by atoms with Crippen molar-refractivity contribution in [1.29, 1.82) is 0 Å². The van der Waals surface area contributed by atoms with E-state index in [1.165, 1.54) is 30.7 Å². The Morgan fingerprint density at radius 1 is 1.53 bits per heavy atom. The van der Waals surface area contributed by atoms with Crippen LogP contribution in [0.1, 0.15) is 50.4 Å². The van der Waals surface area contributed by atoms with Gasteiger partial charge < -0.3 is 5.73 Å². The zero-order valence-electron chi connectivity index (χ0n) is 10.9. The van der Waals surface area contributed by atoms with Crippen molar-refractivity contribution in [2.45, 2.75) is 57.7 Å². The van der Waals surface area contributed by atoms with Crippen LogP contribution in [0.25, 0.3) is 0 Å². The molecule has 2 nitrogen and oxygen atoms in total. The van der Waals surface area contributed by atoms with Crippen molar-refractivity contribution < 1.29 is 0 Å². The Kier molecular flexibility index (Phi) is 4.60. The summed E-state index contributed by atoms with van der Waals surface area (Å²) in [6.45, 7) is 5.71. The summed E-state index contributed by atoms with van der Waals surface area (Å²) in [7, 11) is 0. The molecule has 0 amide bonds. The molecule has 1 aromatic heterocycles. The minimum Gasteiger partial charge on any atom is -0.326 e. The summed E-state index contributed by atoms with van der Waals surface area (Å²) in [6, 6.07) is 5.83. The molecule has 1 aromatic rings. The van der Waals surface area contributed by atoms with Crippen LogP contribution in [-0.4, -0.2) is 23.5 Å². The van der Waals surface area contributed by atoms with Gasteiger partial charge in [-0.2, -0.15) is 0 Å². The lowest BCUT2D eigenvalue weighted by Gasteiger charge is -2.35. The molecular formula is C14H24N2S. The highest BCUT2D eigenvalue weighted by Crippen LogP contribution is 2.35. The van der Waals surface area contributed by atoms with E-state index in [0.717, 1.165) is 12.5 Å². The first-order chi connectivity index (χ1) is 8.27. The Morgan fingerprint density at radius 2 is 2.35 bits per heavy atom. The van der Waals surface area contributed by atoms with E-state index in [9.17, 15) is 0 Å². The van der Waals surface area contributed by atoms with Crippen molar-refractivity contribution in [3.05, 3.63) is 22.4 Å². The molecule has 3 unspecified atom stereocenters. The standard InChI is InChI=1S/C14H24N2S/c1-3-11-7-5-9-16(11)14(12(15)4-2)13-8-6-10-17-13/h6,8,10-12,14H,3-5,7,9,15H2,1-2H3. The van der Waals surface area contributed by atoms with Gasteiger partial charge in [0.15, 0.2) is 0 Å². The zero-order chi connectivity index (χ0) is 12.3. The van der Waals surface area contributed by atoms with Gasteiger partial charge in [-0.3, -0.25) is 4.90 Å². The van der Waals surface area contributed by atoms with Gasteiger partial charge in [0.25, 0.3) is 0 Å². The monoisotopic (exact) mass is 252 g/mol. The lowest BCUT2D eigenvalue weighted by Crippen LogP contribution is -2.42. The van der Waals surface area contributed by atoms with Gasteiger partial charge >= 0.3 is 0 Å². The summed E-state index contributed by atoms with van der Waals surface area (Å²) in [4.78, 5) is 4.10.